The molecule has 0 bridgehead atoms. The van der Waals surface area contributed by atoms with Gasteiger partial charge >= 0.3 is 0 Å². The minimum atomic E-state index is -0.154. The van der Waals surface area contributed by atoms with Crippen LogP contribution in [0.2, 0.25) is 0 Å². The summed E-state index contributed by atoms with van der Waals surface area (Å²) in [5.41, 5.74) is 3.68. The summed E-state index contributed by atoms with van der Waals surface area (Å²) in [7, 11) is 1.62. The SMILES string of the molecule is Cn1ncc(NN2CCOCC2)c(Br)c1=O. The first-order chi connectivity index (χ1) is 7.68. The van der Waals surface area contributed by atoms with Crippen molar-refractivity contribution in [2.45, 2.75) is 0 Å². The third-order valence-electron chi connectivity index (χ3n) is 2.37. The number of ether oxygens (including phenoxy) is 1. The number of morpholine rings is 1. The molecule has 2 heterocycles. The van der Waals surface area contributed by atoms with Crippen molar-refractivity contribution in [1.29, 1.82) is 0 Å². The average Bonchev–Trinajstić information content (AvgIpc) is 2.31. The number of rotatable bonds is 2. The minimum Gasteiger partial charge on any atom is -0.379 e. The Balaban J connectivity index is 2.15. The second-order valence-corrected chi connectivity index (χ2v) is 4.31. The van der Waals surface area contributed by atoms with Gasteiger partial charge in [-0.05, 0) is 15.9 Å². The Morgan fingerprint density at radius 1 is 1.50 bits per heavy atom. The molecule has 0 atom stereocenters. The van der Waals surface area contributed by atoms with E-state index in [0.29, 0.717) is 23.4 Å². The summed E-state index contributed by atoms with van der Waals surface area (Å²) >= 11 is 3.26. The molecule has 7 heteroatoms. The van der Waals surface area contributed by atoms with Gasteiger partial charge in [0.2, 0.25) is 0 Å². The first kappa shape index (κ1) is 11.6. The van der Waals surface area contributed by atoms with Gasteiger partial charge < -0.3 is 10.2 Å². The summed E-state index contributed by atoms with van der Waals surface area (Å²) in [6.45, 7) is 2.98. The fourth-order valence-corrected chi connectivity index (χ4v) is 1.88. The van der Waals surface area contributed by atoms with Crippen molar-refractivity contribution in [3.63, 3.8) is 0 Å². The van der Waals surface area contributed by atoms with Crippen LogP contribution in [-0.2, 0) is 11.8 Å². The highest BCUT2D eigenvalue weighted by Gasteiger charge is 2.13. The van der Waals surface area contributed by atoms with Crippen LogP contribution >= 0.6 is 15.9 Å². The molecular weight excluding hydrogens is 276 g/mol. The van der Waals surface area contributed by atoms with E-state index >= 15 is 0 Å². The number of hydrazine groups is 1. The summed E-state index contributed by atoms with van der Waals surface area (Å²) < 4.78 is 7.02. The number of nitrogens with one attached hydrogen (secondary N) is 1. The molecule has 0 saturated carbocycles. The number of aromatic nitrogens is 2. The van der Waals surface area contributed by atoms with E-state index in [1.54, 1.807) is 13.2 Å². The number of hydrogen-bond acceptors (Lipinski definition) is 5. The zero-order valence-corrected chi connectivity index (χ0v) is 10.5. The summed E-state index contributed by atoms with van der Waals surface area (Å²) in [4.78, 5) is 11.6. The maximum Gasteiger partial charge on any atom is 0.282 e. The molecular formula is C9H13BrN4O2. The van der Waals surface area contributed by atoms with Gasteiger partial charge in [0.1, 0.15) is 4.47 Å². The van der Waals surface area contributed by atoms with Gasteiger partial charge in [0.15, 0.2) is 0 Å². The predicted molar refractivity (Wildman–Crippen MR) is 63.2 cm³/mol. The molecule has 0 radical (unpaired) electrons. The highest BCUT2D eigenvalue weighted by molar-refractivity contribution is 9.10. The molecule has 1 aromatic rings. The Bertz CT molecular complexity index is 428. The van der Waals surface area contributed by atoms with Gasteiger partial charge in [-0.2, -0.15) is 5.10 Å². The van der Waals surface area contributed by atoms with Gasteiger partial charge in [0, 0.05) is 20.1 Å². The molecule has 2 rings (SSSR count). The van der Waals surface area contributed by atoms with Crippen LogP contribution in [0.4, 0.5) is 5.69 Å². The van der Waals surface area contributed by atoms with Crippen LogP contribution in [-0.4, -0.2) is 41.1 Å². The standard InChI is InChI=1S/C9H13BrN4O2/c1-13-9(15)8(10)7(6-11-13)12-14-2-4-16-5-3-14/h6,12H,2-5H2,1H3. The van der Waals surface area contributed by atoms with E-state index in [0.717, 1.165) is 13.1 Å². The van der Waals surface area contributed by atoms with Gasteiger partial charge in [-0.1, -0.05) is 0 Å². The van der Waals surface area contributed by atoms with Gasteiger partial charge in [0.25, 0.3) is 5.56 Å². The highest BCUT2D eigenvalue weighted by atomic mass is 79.9. The van der Waals surface area contributed by atoms with E-state index in [-0.39, 0.29) is 5.56 Å². The highest BCUT2D eigenvalue weighted by Crippen LogP contribution is 2.16. The van der Waals surface area contributed by atoms with E-state index in [9.17, 15) is 4.79 Å². The lowest BCUT2D eigenvalue weighted by atomic mass is 10.4. The second kappa shape index (κ2) is 4.94. The van der Waals surface area contributed by atoms with Crippen LogP contribution in [0.1, 0.15) is 0 Å². The first-order valence-electron chi connectivity index (χ1n) is 4.99. The lowest BCUT2D eigenvalue weighted by Crippen LogP contribution is -2.40. The van der Waals surface area contributed by atoms with Crippen molar-refractivity contribution in [2.24, 2.45) is 7.05 Å². The van der Waals surface area contributed by atoms with Crippen molar-refractivity contribution in [1.82, 2.24) is 14.8 Å². The Morgan fingerprint density at radius 2 is 2.19 bits per heavy atom. The van der Waals surface area contributed by atoms with E-state index in [4.69, 9.17) is 4.74 Å². The molecule has 0 unspecified atom stereocenters. The quantitative estimate of drug-likeness (QED) is 0.843. The van der Waals surface area contributed by atoms with Crippen molar-refractivity contribution < 1.29 is 4.74 Å². The van der Waals surface area contributed by atoms with E-state index < -0.39 is 0 Å². The Hall–Kier alpha value is -0.920. The lowest BCUT2D eigenvalue weighted by Gasteiger charge is -2.28. The largest absolute Gasteiger partial charge is 0.379 e. The number of aryl methyl sites for hydroxylation is 1. The van der Waals surface area contributed by atoms with Gasteiger partial charge in [-0.3, -0.25) is 4.79 Å². The molecule has 1 N–H and O–H groups in total. The number of nitrogens with zero attached hydrogens (tertiary/aromatic N) is 3. The smallest absolute Gasteiger partial charge is 0.282 e. The van der Waals surface area contributed by atoms with Crippen LogP contribution in [0.3, 0.4) is 0 Å². The zero-order valence-electron chi connectivity index (χ0n) is 8.94. The molecule has 1 aromatic heterocycles. The second-order valence-electron chi connectivity index (χ2n) is 3.51. The van der Waals surface area contributed by atoms with E-state index in [1.807, 2.05) is 5.01 Å². The predicted octanol–water partition coefficient (Wildman–Crippen LogP) is 0.202. The monoisotopic (exact) mass is 288 g/mol. The van der Waals surface area contributed by atoms with Crippen molar-refractivity contribution in [2.75, 3.05) is 31.7 Å². The van der Waals surface area contributed by atoms with Gasteiger partial charge in [-0.25, -0.2) is 9.69 Å². The fraction of sp³-hybridized carbons (Fsp3) is 0.556. The molecule has 0 amide bonds. The van der Waals surface area contributed by atoms with Crippen LogP contribution in [0.15, 0.2) is 15.5 Å². The maximum atomic E-state index is 11.6. The van der Waals surface area contributed by atoms with Crippen molar-refractivity contribution >= 4 is 21.6 Å². The summed E-state index contributed by atoms with van der Waals surface area (Å²) in [5, 5.41) is 5.96. The Labute approximate surface area is 101 Å². The molecule has 1 fully saturated rings. The normalized spacial score (nSPS) is 17.4. The molecule has 6 nitrogen and oxygen atoms in total. The molecule has 88 valence electrons. The topological polar surface area (TPSA) is 59.4 Å². The molecule has 1 saturated heterocycles. The average molecular weight is 289 g/mol. The van der Waals surface area contributed by atoms with Crippen LogP contribution in [0, 0.1) is 0 Å². The van der Waals surface area contributed by atoms with Crippen molar-refractivity contribution in [3.8, 4) is 0 Å². The van der Waals surface area contributed by atoms with Crippen LogP contribution in [0.5, 0.6) is 0 Å². The third kappa shape index (κ3) is 2.42. The lowest BCUT2D eigenvalue weighted by molar-refractivity contribution is 0.0496. The first-order valence-corrected chi connectivity index (χ1v) is 5.79. The minimum absolute atomic E-state index is 0.154. The van der Waals surface area contributed by atoms with Crippen LogP contribution in [0.25, 0.3) is 0 Å². The summed E-state index contributed by atoms with van der Waals surface area (Å²) in [6, 6.07) is 0. The molecule has 16 heavy (non-hydrogen) atoms. The molecule has 1 aliphatic heterocycles. The van der Waals surface area contributed by atoms with Crippen molar-refractivity contribution in [3.05, 3.63) is 21.0 Å². The number of hydrogen-bond donors (Lipinski definition) is 1. The summed E-state index contributed by atoms with van der Waals surface area (Å²) in [5.74, 6) is 0. The molecule has 0 spiro atoms. The van der Waals surface area contributed by atoms with Gasteiger partial charge in [-0.15, -0.1) is 0 Å². The molecule has 0 aromatic carbocycles. The number of anilines is 1. The van der Waals surface area contributed by atoms with E-state index in [2.05, 4.69) is 26.5 Å². The maximum absolute atomic E-state index is 11.6. The molecule has 0 aliphatic carbocycles. The number of halogens is 1. The molecule has 1 aliphatic rings. The van der Waals surface area contributed by atoms with Gasteiger partial charge in [0.05, 0.1) is 25.1 Å². The third-order valence-corrected chi connectivity index (χ3v) is 3.13. The van der Waals surface area contributed by atoms with E-state index in [1.165, 1.54) is 4.68 Å². The zero-order chi connectivity index (χ0) is 11.5. The Kier molecular flexibility index (Phi) is 3.57. The summed E-state index contributed by atoms with van der Waals surface area (Å²) in [6.07, 6.45) is 1.63. The Morgan fingerprint density at radius 3 is 2.88 bits per heavy atom. The van der Waals surface area contributed by atoms with Crippen LogP contribution < -0.4 is 11.0 Å². The fourth-order valence-electron chi connectivity index (χ4n) is 1.43.